The van der Waals surface area contributed by atoms with Crippen molar-refractivity contribution >= 4 is 11.9 Å². The molecule has 0 amide bonds. The van der Waals surface area contributed by atoms with Crippen molar-refractivity contribution in [1.29, 1.82) is 0 Å². The topological polar surface area (TPSA) is 81.4 Å². The standard InChI is InChI=1S/C13H12N2O4/c1-2-15-11(10(8-14-15)12(16)17)13(18)19-9-6-4-3-5-7-9/h3-8H,2H2,1H3,(H,16,17). The van der Waals surface area contributed by atoms with E-state index in [4.69, 9.17) is 9.84 Å². The van der Waals surface area contributed by atoms with E-state index in [1.807, 2.05) is 0 Å². The number of aromatic nitrogens is 2. The van der Waals surface area contributed by atoms with Crippen LogP contribution in [0.4, 0.5) is 0 Å². The van der Waals surface area contributed by atoms with E-state index in [1.165, 1.54) is 4.68 Å². The normalized spacial score (nSPS) is 10.2. The van der Waals surface area contributed by atoms with Crippen LogP contribution in [0.15, 0.2) is 36.5 Å². The third-order valence-electron chi connectivity index (χ3n) is 2.52. The highest BCUT2D eigenvalue weighted by atomic mass is 16.5. The molecule has 0 saturated heterocycles. The SMILES string of the molecule is CCn1ncc(C(=O)O)c1C(=O)Oc1ccccc1. The van der Waals surface area contributed by atoms with Crippen LogP contribution >= 0.6 is 0 Å². The van der Waals surface area contributed by atoms with Gasteiger partial charge in [0.05, 0.1) is 6.20 Å². The highest BCUT2D eigenvalue weighted by Gasteiger charge is 2.24. The van der Waals surface area contributed by atoms with Crippen LogP contribution in [-0.2, 0) is 6.54 Å². The molecule has 6 nitrogen and oxygen atoms in total. The number of para-hydroxylation sites is 1. The van der Waals surface area contributed by atoms with Gasteiger partial charge < -0.3 is 9.84 Å². The third kappa shape index (κ3) is 2.62. The molecule has 2 aromatic rings. The first-order valence-electron chi connectivity index (χ1n) is 5.69. The zero-order valence-electron chi connectivity index (χ0n) is 10.2. The van der Waals surface area contributed by atoms with E-state index < -0.39 is 11.9 Å². The third-order valence-corrected chi connectivity index (χ3v) is 2.52. The molecule has 0 aliphatic rings. The number of nitrogens with zero attached hydrogens (tertiary/aromatic N) is 2. The monoisotopic (exact) mass is 260 g/mol. The van der Waals surface area contributed by atoms with Gasteiger partial charge in [-0.3, -0.25) is 4.68 Å². The van der Waals surface area contributed by atoms with Crippen LogP contribution < -0.4 is 4.74 Å². The number of carboxylic acid groups (broad SMARTS) is 1. The molecule has 1 aromatic carbocycles. The number of esters is 1. The predicted octanol–water partition coefficient (Wildman–Crippen LogP) is 1.82. The van der Waals surface area contributed by atoms with Gasteiger partial charge in [0.25, 0.3) is 0 Å². The quantitative estimate of drug-likeness (QED) is 0.669. The number of benzene rings is 1. The maximum atomic E-state index is 12.0. The zero-order valence-corrected chi connectivity index (χ0v) is 10.2. The Morgan fingerprint density at radius 1 is 1.32 bits per heavy atom. The van der Waals surface area contributed by atoms with E-state index in [-0.39, 0.29) is 11.3 Å². The smallest absolute Gasteiger partial charge is 0.362 e. The molecule has 0 aliphatic heterocycles. The molecule has 0 atom stereocenters. The van der Waals surface area contributed by atoms with Crippen molar-refractivity contribution in [3.05, 3.63) is 47.8 Å². The Labute approximate surface area is 109 Å². The first kappa shape index (κ1) is 12.8. The van der Waals surface area contributed by atoms with Gasteiger partial charge in [0.2, 0.25) is 0 Å². The molecule has 2 rings (SSSR count). The summed E-state index contributed by atoms with van der Waals surface area (Å²) in [6.45, 7) is 2.14. The molecule has 1 aromatic heterocycles. The van der Waals surface area contributed by atoms with Gasteiger partial charge in [0, 0.05) is 6.54 Å². The molecule has 1 N–H and O–H groups in total. The zero-order chi connectivity index (χ0) is 13.8. The maximum absolute atomic E-state index is 12.0. The van der Waals surface area contributed by atoms with Crippen LogP contribution in [-0.4, -0.2) is 26.8 Å². The minimum Gasteiger partial charge on any atom is -0.478 e. The van der Waals surface area contributed by atoms with Crippen LogP contribution in [0.3, 0.4) is 0 Å². The van der Waals surface area contributed by atoms with Crippen molar-refractivity contribution in [3.63, 3.8) is 0 Å². The van der Waals surface area contributed by atoms with Crippen molar-refractivity contribution in [3.8, 4) is 5.75 Å². The van der Waals surface area contributed by atoms with Crippen LogP contribution in [0.1, 0.15) is 27.8 Å². The Morgan fingerprint density at radius 2 is 2.00 bits per heavy atom. The maximum Gasteiger partial charge on any atom is 0.362 e. The van der Waals surface area contributed by atoms with Gasteiger partial charge >= 0.3 is 11.9 Å². The Kier molecular flexibility index (Phi) is 3.61. The molecule has 0 radical (unpaired) electrons. The largest absolute Gasteiger partial charge is 0.478 e. The summed E-state index contributed by atoms with van der Waals surface area (Å²) in [5.41, 5.74) is -0.221. The Hall–Kier alpha value is -2.63. The van der Waals surface area contributed by atoms with E-state index in [0.717, 1.165) is 6.20 Å². The second kappa shape index (κ2) is 5.34. The molecule has 0 saturated carbocycles. The average Bonchev–Trinajstić information content (AvgIpc) is 2.83. The average molecular weight is 260 g/mol. The lowest BCUT2D eigenvalue weighted by Crippen LogP contribution is -2.18. The summed E-state index contributed by atoms with van der Waals surface area (Å²) >= 11 is 0. The van der Waals surface area contributed by atoms with Crippen molar-refractivity contribution in [2.45, 2.75) is 13.5 Å². The molecule has 98 valence electrons. The lowest BCUT2D eigenvalue weighted by atomic mass is 10.2. The molecular weight excluding hydrogens is 248 g/mol. The second-order valence-corrected chi connectivity index (χ2v) is 3.73. The number of aryl methyl sites for hydroxylation is 1. The van der Waals surface area contributed by atoms with Gasteiger partial charge in [-0.2, -0.15) is 5.10 Å². The predicted molar refractivity (Wildman–Crippen MR) is 66.3 cm³/mol. The van der Waals surface area contributed by atoms with E-state index in [0.29, 0.717) is 12.3 Å². The van der Waals surface area contributed by atoms with Gasteiger partial charge in [-0.15, -0.1) is 0 Å². The lowest BCUT2D eigenvalue weighted by Gasteiger charge is -2.06. The summed E-state index contributed by atoms with van der Waals surface area (Å²) in [6.07, 6.45) is 1.15. The van der Waals surface area contributed by atoms with Crippen LogP contribution in [0.2, 0.25) is 0 Å². The minimum absolute atomic E-state index is 0.0566. The van der Waals surface area contributed by atoms with Gasteiger partial charge in [0.1, 0.15) is 11.3 Å². The molecule has 6 heteroatoms. The summed E-state index contributed by atoms with van der Waals surface area (Å²) in [6, 6.07) is 8.46. The Bertz CT molecular complexity index is 604. The molecule has 19 heavy (non-hydrogen) atoms. The Balaban J connectivity index is 2.33. The van der Waals surface area contributed by atoms with E-state index >= 15 is 0 Å². The second-order valence-electron chi connectivity index (χ2n) is 3.73. The number of aromatic carboxylic acids is 1. The summed E-state index contributed by atoms with van der Waals surface area (Å²) < 4.78 is 6.43. The van der Waals surface area contributed by atoms with Crippen molar-refractivity contribution in [2.75, 3.05) is 0 Å². The summed E-state index contributed by atoms with van der Waals surface area (Å²) in [5, 5.41) is 12.9. The lowest BCUT2D eigenvalue weighted by molar-refractivity contribution is 0.0662. The number of carbonyl (C=O) groups is 2. The number of ether oxygens (including phenoxy) is 1. The Morgan fingerprint density at radius 3 is 2.58 bits per heavy atom. The first-order chi connectivity index (χ1) is 9.13. The van der Waals surface area contributed by atoms with E-state index in [9.17, 15) is 9.59 Å². The highest BCUT2D eigenvalue weighted by molar-refractivity contribution is 6.01. The number of hydrogen-bond donors (Lipinski definition) is 1. The van der Waals surface area contributed by atoms with Crippen LogP contribution in [0, 0.1) is 0 Å². The fraction of sp³-hybridized carbons (Fsp3) is 0.154. The van der Waals surface area contributed by atoms with Crippen molar-refractivity contribution < 1.29 is 19.4 Å². The summed E-state index contributed by atoms with van der Waals surface area (Å²) in [4.78, 5) is 23.1. The van der Waals surface area contributed by atoms with E-state index in [2.05, 4.69) is 5.10 Å². The minimum atomic E-state index is -1.21. The molecule has 0 aliphatic carbocycles. The number of rotatable bonds is 4. The van der Waals surface area contributed by atoms with Crippen LogP contribution in [0.5, 0.6) is 5.75 Å². The summed E-state index contributed by atoms with van der Waals surface area (Å²) in [7, 11) is 0. The molecule has 0 bridgehead atoms. The van der Waals surface area contributed by atoms with Crippen LogP contribution in [0.25, 0.3) is 0 Å². The van der Waals surface area contributed by atoms with Gasteiger partial charge in [0.15, 0.2) is 5.69 Å². The van der Waals surface area contributed by atoms with E-state index in [1.54, 1.807) is 37.3 Å². The molecule has 1 heterocycles. The first-order valence-corrected chi connectivity index (χ1v) is 5.69. The molecular formula is C13H12N2O4. The van der Waals surface area contributed by atoms with Crippen molar-refractivity contribution in [2.24, 2.45) is 0 Å². The molecule has 0 fully saturated rings. The highest BCUT2D eigenvalue weighted by Crippen LogP contribution is 2.15. The number of hydrogen-bond acceptors (Lipinski definition) is 4. The number of carbonyl (C=O) groups excluding carboxylic acids is 1. The molecule has 0 unspecified atom stereocenters. The fourth-order valence-electron chi connectivity index (χ4n) is 1.64. The van der Waals surface area contributed by atoms with Gasteiger partial charge in [-0.05, 0) is 19.1 Å². The van der Waals surface area contributed by atoms with Gasteiger partial charge in [-0.1, -0.05) is 18.2 Å². The van der Waals surface area contributed by atoms with Gasteiger partial charge in [-0.25, -0.2) is 9.59 Å². The molecule has 0 spiro atoms. The number of carboxylic acids is 1. The van der Waals surface area contributed by atoms with Crippen molar-refractivity contribution in [1.82, 2.24) is 9.78 Å². The fourth-order valence-corrected chi connectivity index (χ4v) is 1.64. The summed E-state index contributed by atoms with van der Waals surface area (Å²) in [5.74, 6) is -1.59.